The maximum atomic E-state index is 10.3. The summed E-state index contributed by atoms with van der Waals surface area (Å²) in [6.07, 6.45) is 2.35. The Morgan fingerprint density at radius 2 is 2.21 bits per heavy atom. The molecule has 0 spiro atoms. The molecule has 0 saturated carbocycles. The molecular weight excluding hydrogens is 330 g/mol. The number of carbonyl (C=O) groups is 1. The highest BCUT2D eigenvalue weighted by atomic mass is 32.1. The summed E-state index contributed by atoms with van der Waals surface area (Å²) < 4.78 is 10.5. The molecule has 0 radical (unpaired) electrons. The molecule has 8 heteroatoms. The average Bonchev–Trinajstić information content (AvgIpc) is 3.10. The number of thiocarbonyl (C=S) groups is 1. The Morgan fingerprint density at radius 3 is 2.83 bits per heavy atom. The predicted octanol–water partition coefficient (Wildman–Crippen LogP) is 0.182. The number of carbonyl (C=O) groups excluding carboxylic acids is 1. The summed E-state index contributed by atoms with van der Waals surface area (Å²) in [6, 6.07) is 6.92. The van der Waals surface area contributed by atoms with Gasteiger partial charge in [0.2, 0.25) is 0 Å². The first-order chi connectivity index (χ1) is 11.5. The Balaban J connectivity index is 1.78. The second-order valence-corrected chi connectivity index (χ2v) is 5.75. The normalized spacial score (nSPS) is 17.4. The van der Waals surface area contributed by atoms with Crippen molar-refractivity contribution in [2.45, 2.75) is 25.9 Å². The minimum absolute atomic E-state index is 0.211. The van der Waals surface area contributed by atoms with E-state index in [1.165, 1.54) is 0 Å². The maximum absolute atomic E-state index is 10.3. The lowest BCUT2D eigenvalue weighted by atomic mass is 10.1. The molecule has 0 bridgehead atoms. The number of carboxylic acid groups (broad SMARTS) is 1. The number of ether oxygens (including phenoxy) is 2. The van der Waals surface area contributed by atoms with Crippen molar-refractivity contribution >= 4 is 29.0 Å². The molecule has 1 atom stereocenters. The second-order valence-electron chi connectivity index (χ2n) is 5.34. The fraction of sp³-hybridized carbons (Fsp3) is 0.438. The SMILES string of the molecule is C/C(=N/NC(=S)NC[C@@H]1CCCO1)c1ccc(OCC(=O)[O-])cc1. The van der Waals surface area contributed by atoms with Gasteiger partial charge in [-0.2, -0.15) is 5.10 Å². The fourth-order valence-corrected chi connectivity index (χ4v) is 2.31. The molecule has 1 aliphatic rings. The number of benzene rings is 1. The number of hydrazone groups is 1. The van der Waals surface area contributed by atoms with Gasteiger partial charge in [0.1, 0.15) is 12.4 Å². The number of nitrogens with one attached hydrogen (secondary N) is 2. The average molecular weight is 350 g/mol. The Bertz CT molecular complexity index is 598. The monoisotopic (exact) mass is 350 g/mol. The fourth-order valence-electron chi connectivity index (χ4n) is 2.19. The second kappa shape index (κ2) is 9.19. The smallest absolute Gasteiger partial charge is 0.187 e. The highest BCUT2D eigenvalue weighted by molar-refractivity contribution is 7.80. The van der Waals surface area contributed by atoms with Crippen molar-refractivity contribution in [2.75, 3.05) is 19.8 Å². The molecule has 0 amide bonds. The van der Waals surface area contributed by atoms with Gasteiger partial charge in [-0.15, -0.1) is 0 Å². The van der Waals surface area contributed by atoms with E-state index in [0.717, 1.165) is 30.7 Å². The van der Waals surface area contributed by atoms with E-state index in [1.807, 2.05) is 6.92 Å². The van der Waals surface area contributed by atoms with Gasteiger partial charge in [0.05, 0.1) is 17.8 Å². The summed E-state index contributed by atoms with van der Waals surface area (Å²) >= 11 is 5.17. The summed E-state index contributed by atoms with van der Waals surface area (Å²) in [7, 11) is 0. The van der Waals surface area contributed by atoms with Crippen molar-refractivity contribution in [1.82, 2.24) is 10.7 Å². The molecule has 0 aromatic heterocycles. The summed E-state index contributed by atoms with van der Waals surface area (Å²) in [6.45, 7) is 2.85. The van der Waals surface area contributed by atoms with Crippen LogP contribution in [0.25, 0.3) is 0 Å². The van der Waals surface area contributed by atoms with Crippen LogP contribution in [-0.2, 0) is 9.53 Å². The van der Waals surface area contributed by atoms with Crippen LogP contribution in [0.15, 0.2) is 29.4 Å². The van der Waals surface area contributed by atoms with Crippen LogP contribution in [0.2, 0.25) is 0 Å². The minimum Gasteiger partial charge on any atom is -0.546 e. The van der Waals surface area contributed by atoms with Crippen molar-refractivity contribution in [1.29, 1.82) is 0 Å². The first-order valence-electron chi connectivity index (χ1n) is 7.67. The summed E-state index contributed by atoms with van der Waals surface area (Å²) in [5.74, 6) is -0.803. The number of aliphatic carboxylic acids is 1. The zero-order valence-electron chi connectivity index (χ0n) is 13.4. The molecule has 2 rings (SSSR count). The van der Waals surface area contributed by atoms with Gasteiger partial charge in [-0.25, -0.2) is 0 Å². The van der Waals surface area contributed by atoms with Crippen LogP contribution in [0.3, 0.4) is 0 Å². The van der Waals surface area contributed by atoms with E-state index in [9.17, 15) is 9.90 Å². The first kappa shape index (κ1) is 18.2. The Morgan fingerprint density at radius 1 is 1.46 bits per heavy atom. The van der Waals surface area contributed by atoms with Crippen molar-refractivity contribution in [3.8, 4) is 5.75 Å². The molecule has 0 unspecified atom stereocenters. The van der Waals surface area contributed by atoms with Crippen molar-refractivity contribution in [3.05, 3.63) is 29.8 Å². The van der Waals surface area contributed by atoms with Crippen LogP contribution < -0.4 is 20.6 Å². The van der Waals surface area contributed by atoms with Gasteiger partial charge in [0, 0.05) is 13.2 Å². The van der Waals surface area contributed by atoms with Crippen LogP contribution in [0, 0.1) is 0 Å². The van der Waals surface area contributed by atoms with Gasteiger partial charge in [-0.1, -0.05) is 0 Å². The minimum atomic E-state index is -1.26. The summed E-state index contributed by atoms with van der Waals surface area (Å²) in [5.41, 5.74) is 4.40. The van der Waals surface area contributed by atoms with E-state index in [2.05, 4.69) is 15.8 Å². The van der Waals surface area contributed by atoms with Gasteiger partial charge < -0.3 is 24.7 Å². The molecule has 7 nitrogen and oxygen atoms in total. The molecule has 2 N–H and O–H groups in total. The third-order valence-corrected chi connectivity index (χ3v) is 3.70. The van der Waals surface area contributed by atoms with Crippen LogP contribution >= 0.6 is 12.2 Å². The zero-order chi connectivity index (χ0) is 17.4. The van der Waals surface area contributed by atoms with Gasteiger partial charge in [-0.3, -0.25) is 5.43 Å². The lowest BCUT2D eigenvalue weighted by Crippen LogP contribution is -2.37. The molecule has 0 aliphatic carbocycles. The maximum Gasteiger partial charge on any atom is 0.187 e. The highest BCUT2D eigenvalue weighted by Gasteiger charge is 2.15. The molecule has 1 aromatic rings. The largest absolute Gasteiger partial charge is 0.546 e. The van der Waals surface area contributed by atoms with Crippen LogP contribution in [0.5, 0.6) is 5.75 Å². The Labute approximate surface area is 146 Å². The lowest BCUT2D eigenvalue weighted by molar-refractivity contribution is -0.307. The van der Waals surface area contributed by atoms with E-state index in [-0.39, 0.29) is 6.10 Å². The summed E-state index contributed by atoms with van der Waals surface area (Å²) in [5, 5.41) is 18.1. The lowest BCUT2D eigenvalue weighted by Gasteiger charge is -2.12. The van der Waals surface area contributed by atoms with E-state index >= 15 is 0 Å². The molecule has 130 valence electrons. The third-order valence-electron chi connectivity index (χ3n) is 3.47. The van der Waals surface area contributed by atoms with E-state index in [1.54, 1.807) is 24.3 Å². The van der Waals surface area contributed by atoms with Gasteiger partial charge in [0.15, 0.2) is 5.11 Å². The molecule has 1 fully saturated rings. The van der Waals surface area contributed by atoms with Crippen molar-refractivity contribution < 1.29 is 19.4 Å². The quantitative estimate of drug-likeness (QED) is 0.411. The molecule has 1 saturated heterocycles. The predicted molar refractivity (Wildman–Crippen MR) is 91.9 cm³/mol. The number of rotatable bonds is 7. The number of nitrogens with zero attached hydrogens (tertiary/aromatic N) is 1. The van der Waals surface area contributed by atoms with Crippen molar-refractivity contribution in [3.63, 3.8) is 0 Å². The molecule has 1 aliphatic heterocycles. The first-order valence-corrected chi connectivity index (χ1v) is 8.08. The Hall–Kier alpha value is -2.19. The summed E-state index contributed by atoms with van der Waals surface area (Å²) in [4.78, 5) is 10.3. The van der Waals surface area contributed by atoms with E-state index < -0.39 is 12.6 Å². The molecular formula is C16H20N3O4S-. The van der Waals surface area contributed by atoms with Gasteiger partial charge in [-0.05, 0) is 61.8 Å². The van der Waals surface area contributed by atoms with E-state index in [4.69, 9.17) is 21.7 Å². The molecule has 24 heavy (non-hydrogen) atoms. The van der Waals surface area contributed by atoms with Crippen LogP contribution in [0.4, 0.5) is 0 Å². The van der Waals surface area contributed by atoms with Crippen LogP contribution in [-0.4, -0.2) is 42.7 Å². The number of hydrogen-bond donors (Lipinski definition) is 2. The van der Waals surface area contributed by atoms with Crippen LogP contribution in [0.1, 0.15) is 25.3 Å². The molecule has 1 heterocycles. The standard InChI is InChI=1S/C16H21N3O4S/c1-11(12-4-6-13(7-5-12)23-10-15(20)21)18-19-16(24)17-9-14-3-2-8-22-14/h4-7,14H,2-3,8-10H2,1H3,(H,20,21)(H2,17,19,24)/p-1/b18-11-/t14-/m0/s1. The highest BCUT2D eigenvalue weighted by Crippen LogP contribution is 2.13. The third kappa shape index (κ3) is 6.13. The van der Waals surface area contributed by atoms with Gasteiger partial charge in [0.25, 0.3) is 0 Å². The molecule has 1 aromatic carbocycles. The van der Waals surface area contributed by atoms with Gasteiger partial charge >= 0.3 is 0 Å². The Kier molecular flexibility index (Phi) is 6.95. The zero-order valence-corrected chi connectivity index (χ0v) is 14.2. The number of hydrogen-bond acceptors (Lipinski definition) is 6. The topological polar surface area (TPSA) is 95.0 Å². The van der Waals surface area contributed by atoms with E-state index in [0.29, 0.717) is 17.4 Å². The number of carboxylic acids is 1. The van der Waals surface area contributed by atoms with Crippen molar-refractivity contribution in [2.24, 2.45) is 5.10 Å².